The summed E-state index contributed by atoms with van der Waals surface area (Å²) in [4.78, 5) is 15.9. The summed E-state index contributed by atoms with van der Waals surface area (Å²) >= 11 is 0. The average molecular weight is 571 g/mol. The lowest BCUT2D eigenvalue weighted by atomic mass is 9.81. The summed E-state index contributed by atoms with van der Waals surface area (Å²) < 4.78 is 12.2. The molecular weight excluding hydrogens is 536 g/mol. The predicted octanol–water partition coefficient (Wildman–Crippen LogP) is 6.77. The summed E-state index contributed by atoms with van der Waals surface area (Å²) in [5.74, 6) is 0.0605. The third-order valence-electron chi connectivity index (χ3n) is 10.6. The van der Waals surface area contributed by atoms with E-state index in [1.54, 1.807) is 0 Å². The molecule has 5 atom stereocenters. The summed E-state index contributed by atoms with van der Waals surface area (Å²) in [5.41, 5.74) is 6.56. The maximum atomic E-state index is 13.9. The third kappa shape index (κ3) is 3.07. The Morgan fingerprint density at radius 3 is 2.40 bits per heavy atom. The maximum absolute atomic E-state index is 13.9. The number of nitrogens with one attached hydrogen (secondary N) is 1. The lowest BCUT2D eigenvalue weighted by Gasteiger charge is -2.51. The van der Waals surface area contributed by atoms with Crippen LogP contribution < -0.4 is 5.32 Å². The first-order valence-electron chi connectivity index (χ1n) is 15.4. The molecule has 2 aromatic heterocycles. The molecule has 5 heterocycles. The van der Waals surface area contributed by atoms with Crippen molar-refractivity contribution in [2.24, 2.45) is 5.92 Å². The molecule has 216 valence electrons. The molecule has 2 bridgehead atoms. The molecule has 6 aromatic rings. The number of aromatic nitrogens is 2. The van der Waals surface area contributed by atoms with Gasteiger partial charge in [0.1, 0.15) is 18.2 Å². The summed E-state index contributed by atoms with van der Waals surface area (Å²) in [5, 5.41) is 19.3. The van der Waals surface area contributed by atoms with Gasteiger partial charge in [0.05, 0.1) is 22.1 Å². The number of carbonyl (C=O) groups is 1. The number of ether oxygens (including phenoxy) is 1. The van der Waals surface area contributed by atoms with E-state index >= 15 is 0 Å². The van der Waals surface area contributed by atoms with Gasteiger partial charge in [-0.15, -0.1) is 0 Å². The number of rotatable bonds is 3. The zero-order valence-corrected chi connectivity index (χ0v) is 24.5. The highest BCUT2D eigenvalue weighted by molar-refractivity contribution is 6.25. The van der Waals surface area contributed by atoms with Crippen molar-refractivity contribution >= 4 is 49.5 Å². The summed E-state index contributed by atoms with van der Waals surface area (Å²) in [7, 11) is 1.96. The Labute approximate surface area is 249 Å². The third-order valence-corrected chi connectivity index (χ3v) is 10.6. The van der Waals surface area contributed by atoms with Crippen molar-refractivity contribution in [3.63, 3.8) is 0 Å². The van der Waals surface area contributed by atoms with Crippen LogP contribution in [0.4, 0.5) is 0 Å². The molecule has 7 nitrogen and oxygen atoms in total. The molecule has 1 saturated heterocycles. The molecule has 43 heavy (non-hydrogen) atoms. The van der Waals surface area contributed by atoms with Crippen molar-refractivity contribution in [1.82, 2.24) is 19.4 Å². The second-order valence-corrected chi connectivity index (χ2v) is 12.6. The first-order valence-corrected chi connectivity index (χ1v) is 15.4. The van der Waals surface area contributed by atoms with Crippen LogP contribution in [0.5, 0.6) is 0 Å². The van der Waals surface area contributed by atoms with Crippen LogP contribution in [0.25, 0.3) is 43.6 Å². The van der Waals surface area contributed by atoms with Gasteiger partial charge in [-0.25, -0.2) is 0 Å². The molecule has 4 aromatic carbocycles. The Kier molecular flexibility index (Phi) is 5.12. The number of hydrogen-bond donors (Lipinski definition) is 2. The molecule has 2 N–H and O–H groups in total. The Bertz CT molecular complexity index is 2130. The highest BCUT2D eigenvalue weighted by Crippen LogP contribution is 2.56. The Hall–Kier alpha value is -4.17. The largest absolute Gasteiger partial charge is 0.374 e. The van der Waals surface area contributed by atoms with Gasteiger partial charge >= 0.3 is 0 Å². The van der Waals surface area contributed by atoms with Crippen LogP contribution in [0.3, 0.4) is 0 Å². The van der Waals surface area contributed by atoms with E-state index in [1.807, 2.05) is 42.3 Å². The normalized spacial score (nSPS) is 26.0. The smallest absolute Gasteiger partial charge is 0.253 e. The van der Waals surface area contributed by atoms with E-state index in [4.69, 9.17) is 4.74 Å². The van der Waals surface area contributed by atoms with Gasteiger partial charge in [-0.2, -0.15) is 0 Å². The van der Waals surface area contributed by atoms with Crippen molar-refractivity contribution in [3.05, 3.63) is 95.6 Å². The van der Waals surface area contributed by atoms with E-state index in [2.05, 4.69) is 76.8 Å². The van der Waals surface area contributed by atoms with Gasteiger partial charge < -0.3 is 23.9 Å². The fraction of sp³-hybridized carbons (Fsp3) is 0.306. The number of carbonyl (C=O) groups excluding carboxylic acids is 1. The number of para-hydroxylation sites is 2. The second kappa shape index (κ2) is 8.69. The Balaban J connectivity index is 1.42. The molecule has 1 fully saturated rings. The standard InChI is InChI=1S/C36H34N4O3/c1-4-24-27(38(3)35(42)20-12-6-5-7-13-20)18-28-39-25-16-10-8-14-21(25)30-31-23(19-37-34(31)41)29-22-15-9-11-17-26(22)40(33(29)32(30)39)36(24,2)43-28/h5-17,24,27-28,34,37,41H,4,18-19H2,1-3H3/t24-,27-,28-,34?,36+/m1/s1. The van der Waals surface area contributed by atoms with Crippen LogP contribution in [-0.4, -0.2) is 38.1 Å². The molecule has 9 rings (SSSR count). The van der Waals surface area contributed by atoms with E-state index in [0.29, 0.717) is 18.5 Å². The molecule has 3 aliphatic rings. The number of benzene rings is 4. The summed E-state index contributed by atoms with van der Waals surface area (Å²) in [6.45, 7) is 5.05. The van der Waals surface area contributed by atoms with Gasteiger partial charge in [0.25, 0.3) is 5.91 Å². The van der Waals surface area contributed by atoms with Crippen molar-refractivity contribution < 1.29 is 14.6 Å². The molecular formula is C36H34N4O3. The van der Waals surface area contributed by atoms with Crippen LogP contribution in [0.15, 0.2) is 78.9 Å². The van der Waals surface area contributed by atoms with Gasteiger partial charge in [0.2, 0.25) is 0 Å². The minimum atomic E-state index is -0.745. The van der Waals surface area contributed by atoms with Crippen molar-refractivity contribution in [2.45, 2.75) is 57.5 Å². The van der Waals surface area contributed by atoms with E-state index in [9.17, 15) is 9.90 Å². The predicted molar refractivity (Wildman–Crippen MR) is 169 cm³/mol. The van der Waals surface area contributed by atoms with E-state index in [1.165, 1.54) is 5.39 Å². The topological polar surface area (TPSA) is 71.7 Å². The lowest BCUT2D eigenvalue weighted by molar-refractivity contribution is -0.237. The molecule has 7 heteroatoms. The van der Waals surface area contributed by atoms with Gasteiger partial charge in [-0.05, 0) is 43.2 Å². The number of hydrogen-bond acceptors (Lipinski definition) is 4. The summed E-state index contributed by atoms with van der Waals surface area (Å²) in [6.07, 6.45) is 0.459. The van der Waals surface area contributed by atoms with Crippen LogP contribution in [-0.2, 0) is 17.0 Å². The number of aliphatic hydroxyl groups excluding tert-OH is 1. The van der Waals surface area contributed by atoms with Crippen LogP contribution in [0.2, 0.25) is 0 Å². The Morgan fingerprint density at radius 2 is 1.65 bits per heavy atom. The van der Waals surface area contributed by atoms with Gasteiger partial charge in [-0.3, -0.25) is 10.1 Å². The molecule has 1 unspecified atom stereocenters. The van der Waals surface area contributed by atoms with Crippen LogP contribution >= 0.6 is 0 Å². The molecule has 0 spiro atoms. The van der Waals surface area contributed by atoms with Crippen molar-refractivity contribution in [2.75, 3.05) is 7.05 Å². The zero-order valence-electron chi connectivity index (χ0n) is 24.5. The van der Waals surface area contributed by atoms with Gasteiger partial charge in [-0.1, -0.05) is 61.5 Å². The number of amides is 1. The fourth-order valence-corrected chi connectivity index (χ4v) is 8.90. The lowest BCUT2D eigenvalue weighted by Crippen LogP contribution is -2.57. The number of fused-ring (bicyclic) bond motifs is 13. The van der Waals surface area contributed by atoms with E-state index < -0.39 is 12.0 Å². The minimum absolute atomic E-state index is 0.0296. The maximum Gasteiger partial charge on any atom is 0.253 e. The molecule has 3 aliphatic heterocycles. The fourth-order valence-electron chi connectivity index (χ4n) is 8.90. The van der Waals surface area contributed by atoms with Crippen LogP contribution in [0.1, 0.15) is 60.6 Å². The Morgan fingerprint density at radius 1 is 0.977 bits per heavy atom. The highest BCUT2D eigenvalue weighted by Gasteiger charge is 2.53. The quantitative estimate of drug-likeness (QED) is 0.246. The van der Waals surface area contributed by atoms with E-state index in [0.717, 1.165) is 55.8 Å². The zero-order chi connectivity index (χ0) is 29.2. The van der Waals surface area contributed by atoms with E-state index in [-0.39, 0.29) is 24.1 Å². The first kappa shape index (κ1) is 25.3. The molecule has 0 saturated carbocycles. The second-order valence-electron chi connectivity index (χ2n) is 12.6. The molecule has 0 aliphatic carbocycles. The molecule has 0 radical (unpaired) electrons. The van der Waals surface area contributed by atoms with Crippen molar-refractivity contribution in [1.29, 1.82) is 0 Å². The molecule has 1 amide bonds. The average Bonchev–Trinajstić information content (AvgIpc) is 3.68. The first-order chi connectivity index (χ1) is 20.9. The minimum Gasteiger partial charge on any atom is -0.374 e. The SMILES string of the molecule is CC[C@@H]1[C@H](N(C)C(=O)c2ccccc2)C[C@H]2O[C@]1(C)n1c3ccccc3c3c4c(c5c6ccccc6n2c5c31)C(O)NC4. The van der Waals surface area contributed by atoms with Crippen molar-refractivity contribution in [3.8, 4) is 0 Å². The summed E-state index contributed by atoms with van der Waals surface area (Å²) in [6, 6.07) is 26.6. The monoisotopic (exact) mass is 570 g/mol. The number of nitrogens with zero attached hydrogens (tertiary/aromatic N) is 3. The van der Waals surface area contributed by atoms with Crippen LogP contribution in [0, 0.1) is 5.92 Å². The van der Waals surface area contributed by atoms with Gasteiger partial charge in [0.15, 0.2) is 0 Å². The number of aliphatic hydroxyl groups is 1. The van der Waals surface area contributed by atoms with Gasteiger partial charge in [0, 0.05) is 64.6 Å². The highest BCUT2D eigenvalue weighted by atomic mass is 16.5.